The summed E-state index contributed by atoms with van der Waals surface area (Å²) in [4.78, 5) is 2.35. The van der Waals surface area contributed by atoms with Crippen molar-refractivity contribution < 1.29 is 5.11 Å². The summed E-state index contributed by atoms with van der Waals surface area (Å²) in [6, 6.07) is 8.39. The molecule has 2 aromatic rings. The van der Waals surface area contributed by atoms with Gasteiger partial charge in [0.25, 0.3) is 0 Å². The van der Waals surface area contributed by atoms with Crippen molar-refractivity contribution in [2.24, 2.45) is 0 Å². The molecule has 5 heteroatoms. The minimum Gasteiger partial charge on any atom is -0.393 e. The molecule has 0 unspecified atom stereocenters. The van der Waals surface area contributed by atoms with Gasteiger partial charge in [0.15, 0.2) is 0 Å². The normalized spacial score (nSPS) is 16.0. The number of benzene rings is 1. The fourth-order valence-electron chi connectivity index (χ4n) is 2.87. The van der Waals surface area contributed by atoms with E-state index in [-0.39, 0.29) is 6.10 Å². The number of rotatable bonds is 5. The van der Waals surface area contributed by atoms with Crippen LogP contribution in [0.3, 0.4) is 0 Å². The molecule has 0 bridgehead atoms. The van der Waals surface area contributed by atoms with Crippen LogP contribution in [-0.4, -0.2) is 34.1 Å². The maximum absolute atomic E-state index is 9.67. The molecule has 1 aromatic carbocycles. The lowest BCUT2D eigenvalue weighted by atomic mass is 10.1. The molecule has 0 amide bonds. The molecule has 1 fully saturated rings. The van der Waals surface area contributed by atoms with Crippen LogP contribution >= 0.6 is 0 Å². The lowest BCUT2D eigenvalue weighted by Crippen LogP contribution is -2.36. The molecule has 0 aliphatic carbocycles. The van der Waals surface area contributed by atoms with Gasteiger partial charge in [0, 0.05) is 37.9 Å². The third kappa shape index (κ3) is 3.42. The first-order chi connectivity index (χ1) is 10.8. The Morgan fingerprint density at radius 3 is 2.77 bits per heavy atom. The number of anilines is 2. The second-order valence-electron chi connectivity index (χ2n) is 5.79. The molecule has 1 aliphatic rings. The number of nitrogens with one attached hydrogen (secondary N) is 1. The van der Waals surface area contributed by atoms with Gasteiger partial charge in [0.2, 0.25) is 0 Å². The van der Waals surface area contributed by atoms with Gasteiger partial charge in [-0.2, -0.15) is 5.10 Å². The molecule has 0 saturated carbocycles. The first-order valence-corrected chi connectivity index (χ1v) is 8.03. The summed E-state index contributed by atoms with van der Waals surface area (Å²) in [6.07, 6.45) is 5.54. The number of piperidine rings is 1. The highest BCUT2D eigenvalue weighted by Gasteiger charge is 2.19. The highest BCUT2D eigenvalue weighted by atomic mass is 16.3. The SMILES string of the molecule is CCn1cc(CNc2ccccc2N2CCC(O)CC2)cn1. The van der Waals surface area contributed by atoms with E-state index in [2.05, 4.69) is 52.7 Å². The second-order valence-corrected chi connectivity index (χ2v) is 5.79. The van der Waals surface area contributed by atoms with E-state index in [1.807, 2.05) is 10.9 Å². The first kappa shape index (κ1) is 14.9. The fourth-order valence-corrected chi connectivity index (χ4v) is 2.87. The summed E-state index contributed by atoms with van der Waals surface area (Å²) in [5.41, 5.74) is 3.55. The Hall–Kier alpha value is -2.01. The Balaban J connectivity index is 1.68. The van der Waals surface area contributed by atoms with Crippen molar-refractivity contribution in [2.45, 2.75) is 39.0 Å². The topological polar surface area (TPSA) is 53.3 Å². The van der Waals surface area contributed by atoms with Gasteiger partial charge in [-0.25, -0.2) is 0 Å². The zero-order chi connectivity index (χ0) is 15.4. The number of nitrogens with zero attached hydrogens (tertiary/aromatic N) is 3. The second kappa shape index (κ2) is 6.83. The Kier molecular flexibility index (Phi) is 4.63. The van der Waals surface area contributed by atoms with Gasteiger partial charge in [-0.3, -0.25) is 4.68 Å². The van der Waals surface area contributed by atoms with Gasteiger partial charge >= 0.3 is 0 Å². The number of hydrogen-bond donors (Lipinski definition) is 2. The molecule has 0 atom stereocenters. The minimum atomic E-state index is -0.142. The minimum absolute atomic E-state index is 0.142. The van der Waals surface area contributed by atoms with E-state index in [1.54, 1.807) is 0 Å². The van der Waals surface area contributed by atoms with Crippen molar-refractivity contribution in [2.75, 3.05) is 23.3 Å². The number of aryl methyl sites for hydroxylation is 1. The molecule has 22 heavy (non-hydrogen) atoms. The van der Waals surface area contributed by atoms with E-state index in [4.69, 9.17) is 0 Å². The van der Waals surface area contributed by atoms with E-state index in [0.717, 1.165) is 44.7 Å². The largest absolute Gasteiger partial charge is 0.393 e. The van der Waals surface area contributed by atoms with E-state index < -0.39 is 0 Å². The van der Waals surface area contributed by atoms with Crippen LogP contribution in [0.1, 0.15) is 25.3 Å². The van der Waals surface area contributed by atoms with Crippen LogP contribution in [0, 0.1) is 0 Å². The molecule has 1 saturated heterocycles. The molecule has 0 spiro atoms. The van der Waals surface area contributed by atoms with Gasteiger partial charge in [-0.15, -0.1) is 0 Å². The Bertz CT molecular complexity index is 602. The van der Waals surface area contributed by atoms with Crippen molar-refractivity contribution in [1.29, 1.82) is 0 Å². The van der Waals surface area contributed by atoms with Crippen LogP contribution in [0.15, 0.2) is 36.7 Å². The molecular weight excluding hydrogens is 276 g/mol. The van der Waals surface area contributed by atoms with Gasteiger partial charge < -0.3 is 15.3 Å². The lowest BCUT2D eigenvalue weighted by molar-refractivity contribution is 0.145. The van der Waals surface area contributed by atoms with Gasteiger partial charge in [-0.05, 0) is 31.9 Å². The smallest absolute Gasteiger partial charge is 0.0602 e. The van der Waals surface area contributed by atoms with Crippen LogP contribution in [0.25, 0.3) is 0 Å². The standard InChI is InChI=1S/C17H24N4O/c1-2-21-13-14(12-19-21)11-18-16-5-3-4-6-17(16)20-9-7-15(22)8-10-20/h3-6,12-13,15,18,22H,2,7-11H2,1H3. The summed E-state index contributed by atoms with van der Waals surface area (Å²) in [5.74, 6) is 0. The van der Waals surface area contributed by atoms with Crippen molar-refractivity contribution >= 4 is 11.4 Å². The summed E-state index contributed by atoms with van der Waals surface area (Å²) in [5, 5.41) is 17.5. The average molecular weight is 300 g/mol. The predicted octanol–water partition coefficient (Wildman–Crippen LogP) is 2.48. The maximum Gasteiger partial charge on any atom is 0.0602 e. The fraction of sp³-hybridized carbons (Fsp3) is 0.471. The average Bonchev–Trinajstić information content (AvgIpc) is 3.02. The molecule has 1 aromatic heterocycles. The number of aliphatic hydroxyl groups is 1. The molecule has 1 aliphatic heterocycles. The summed E-state index contributed by atoms with van der Waals surface area (Å²) >= 11 is 0. The monoisotopic (exact) mass is 300 g/mol. The van der Waals surface area contributed by atoms with E-state index in [9.17, 15) is 5.11 Å². The molecular formula is C17H24N4O. The maximum atomic E-state index is 9.67. The summed E-state index contributed by atoms with van der Waals surface area (Å²) in [7, 11) is 0. The summed E-state index contributed by atoms with van der Waals surface area (Å²) in [6.45, 7) is 5.58. The zero-order valence-corrected chi connectivity index (χ0v) is 13.1. The zero-order valence-electron chi connectivity index (χ0n) is 13.1. The predicted molar refractivity (Wildman–Crippen MR) is 89.1 cm³/mol. The first-order valence-electron chi connectivity index (χ1n) is 8.03. The van der Waals surface area contributed by atoms with E-state index in [0.29, 0.717) is 0 Å². The molecule has 2 heterocycles. The van der Waals surface area contributed by atoms with Crippen LogP contribution in [0.2, 0.25) is 0 Å². The molecule has 3 rings (SSSR count). The Morgan fingerprint density at radius 1 is 1.27 bits per heavy atom. The van der Waals surface area contributed by atoms with E-state index in [1.165, 1.54) is 11.3 Å². The summed E-state index contributed by atoms with van der Waals surface area (Å²) < 4.78 is 1.94. The van der Waals surface area contributed by atoms with Crippen LogP contribution in [0.5, 0.6) is 0 Å². The van der Waals surface area contributed by atoms with Crippen molar-refractivity contribution in [1.82, 2.24) is 9.78 Å². The van der Waals surface area contributed by atoms with E-state index >= 15 is 0 Å². The van der Waals surface area contributed by atoms with Crippen LogP contribution < -0.4 is 10.2 Å². The number of para-hydroxylation sites is 2. The van der Waals surface area contributed by atoms with Gasteiger partial charge in [0.1, 0.15) is 0 Å². The molecule has 0 radical (unpaired) electrons. The highest BCUT2D eigenvalue weighted by molar-refractivity contribution is 5.70. The third-order valence-corrected chi connectivity index (χ3v) is 4.20. The quantitative estimate of drug-likeness (QED) is 0.891. The van der Waals surface area contributed by atoms with Crippen LogP contribution in [-0.2, 0) is 13.1 Å². The van der Waals surface area contributed by atoms with Crippen molar-refractivity contribution in [3.8, 4) is 0 Å². The van der Waals surface area contributed by atoms with Crippen molar-refractivity contribution in [3.05, 3.63) is 42.2 Å². The third-order valence-electron chi connectivity index (χ3n) is 4.20. The molecule has 118 valence electrons. The highest BCUT2D eigenvalue weighted by Crippen LogP contribution is 2.28. The number of aromatic nitrogens is 2. The van der Waals surface area contributed by atoms with Crippen LogP contribution in [0.4, 0.5) is 11.4 Å². The molecule has 5 nitrogen and oxygen atoms in total. The number of aliphatic hydroxyl groups excluding tert-OH is 1. The lowest BCUT2D eigenvalue weighted by Gasteiger charge is -2.33. The van der Waals surface area contributed by atoms with Crippen molar-refractivity contribution in [3.63, 3.8) is 0 Å². The Morgan fingerprint density at radius 2 is 2.05 bits per heavy atom. The molecule has 2 N–H and O–H groups in total. The Labute approximate surface area is 131 Å². The van der Waals surface area contributed by atoms with Gasteiger partial charge in [-0.1, -0.05) is 12.1 Å². The number of hydrogen-bond acceptors (Lipinski definition) is 4. The van der Waals surface area contributed by atoms with Gasteiger partial charge in [0.05, 0.1) is 23.7 Å².